The van der Waals surface area contributed by atoms with Crippen molar-refractivity contribution in [2.24, 2.45) is 0 Å². The number of benzene rings is 2. The van der Waals surface area contributed by atoms with Crippen molar-refractivity contribution in [3.8, 4) is 11.5 Å². The Morgan fingerprint density at radius 3 is 2.30 bits per heavy atom. The first-order valence-electron chi connectivity index (χ1n) is 9.12. The van der Waals surface area contributed by atoms with Gasteiger partial charge in [-0.15, -0.1) is 11.8 Å². The number of hydrogen-bond donors (Lipinski definition) is 1. The fourth-order valence-electron chi connectivity index (χ4n) is 3.39. The highest BCUT2D eigenvalue weighted by Gasteiger charge is 2.25. The molecule has 5 nitrogen and oxygen atoms in total. The summed E-state index contributed by atoms with van der Waals surface area (Å²) >= 11 is 1.76. The second-order valence-corrected chi connectivity index (χ2v) is 7.52. The van der Waals surface area contributed by atoms with Gasteiger partial charge in [0.05, 0.1) is 40.4 Å². The van der Waals surface area contributed by atoms with Gasteiger partial charge in [-0.3, -0.25) is 4.79 Å². The van der Waals surface area contributed by atoms with Gasteiger partial charge in [0.25, 0.3) is 5.91 Å². The first kappa shape index (κ1) is 19.6. The van der Waals surface area contributed by atoms with Gasteiger partial charge in [-0.2, -0.15) is 0 Å². The molecule has 27 heavy (non-hydrogen) atoms. The van der Waals surface area contributed by atoms with Crippen LogP contribution in [-0.2, 0) is 6.54 Å². The number of nitrogens with zero attached hydrogens (tertiary/aromatic N) is 1. The molecule has 0 aromatic heterocycles. The van der Waals surface area contributed by atoms with Gasteiger partial charge < -0.3 is 19.3 Å². The topological polar surface area (TPSA) is 43.2 Å². The van der Waals surface area contributed by atoms with Gasteiger partial charge in [0.1, 0.15) is 6.54 Å². The number of methoxy groups -OCH3 is 2. The Hall–Kier alpha value is -2.18. The normalized spacial score (nSPS) is 14.9. The molecule has 0 radical (unpaired) electrons. The van der Waals surface area contributed by atoms with Crippen molar-refractivity contribution in [3.63, 3.8) is 0 Å². The average molecular weight is 388 g/mol. The fraction of sp³-hybridized carbons (Fsp3) is 0.381. The summed E-state index contributed by atoms with van der Waals surface area (Å²) in [6.45, 7) is 4.47. The monoisotopic (exact) mass is 387 g/mol. The van der Waals surface area contributed by atoms with Crippen molar-refractivity contribution in [1.29, 1.82) is 0 Å². The Morgan fingerprint density at radius 2 is 1.70 bits per heavy atom. The number of amides is 1. The van der Waals surface area contributed by atoms with Crippen LogP contribution in [-0.4, -0.2) is 57.5 Å². The van der Waals surface area contributed by atoms with Crippen LogP contribution in [0.2, 0.25) is 0 Å². The molecule has 144 valence electrons. The fourth-order valence-corrected chi connectivity index (χ4v) is 3.79. The molecule has 3 rings (SSSR count). The molecule has 1 aliphatic rings. The van der Waals surface area contributed by atoms with Gasteiger partial charge in [0.2, 0.25) is 0 Å². The molecule has 0 aliphatic carbocycles. The number of carbonyl (C=O) groups is 1. The third kappa shape index (κ3) is 4.76. The number of carbonyl (C=O) groups excluding carboxylic acids is 1. The van der Waals surface area contributed by atoms with Crippen molar-refractivity contribution in [2.75, 3.05) is 46.7 Å². The summed E-state index contributed by atoms with van der Waals surface area (Å²) < 4.78 is 10.6. The summed E-state index contributed by atoms with van der Waals surface area (Å²) in [6, 6.07) is 14.1. The Morgan fingerprint density at radius 1 is 1.04 bits per heavy atom. The zero-order valence-corrected chi connectivity index (χ0v) is 17.0. The molecule has 6 heteroatoms. The average Bonchev–Trinajstić information content (AvgIpc) is 2.73. The van der Waals surface area contributed by atoms with Crippen LogP contribution in [0.5, 0.6) is 11.5 Å². The first-order valence-corrected chi connectivity index (χ1v) is 10.3. The lowest BCUT2D eigenvalue weighted by Gasteiger charge is -2.32. The summed E-state index contributed by atoms with van der Waals surface area (Å²) in [5.74, 6) is 1.27. The Kier molecular flexibility index (Phi) is 6.63. The summed E-state index contributed by atoms with van der Waals surface area (Å²) in [6.07, 6.45) is 2.09. The number of piperazine rings is 1. The third-order valence-electron chi connectivity index (χ3n) is 5.00. The molecular formula is C21H27N2O3S+. The molecular weight excluding hydrogens is 360 g/mol. The number of quaternary nitrogens is 1. The lowest BCUT2D eigenvalue weighted by atomic mass is 10.1. The minimum atomic E-state index is 0.0549. The van der Waals surface area contributed by atoms with Crippen LogP contribution >= 0.6 is 11.8 Å². The maximum atomic E-state index is 12.8. The van der Waals surface area contributed by atoms with Crippen LogP contribution in [0.3, 0.4) is 0 Å². The van der Waals surface area contributed by atoms with Gasteiger partial charge in [-0.05, 0) is 36.6 Å². The van der Waals surface area contributed by atoms with E-state index in [9.17, 15) is 4.79 Å². The molecule has 0 saturated carbocycles. The summed E-state index contributed by atoms with van der Waals surface area (Å²) in [4.78, 5) is 17.6. The molecule has 1 fully saturated rings. The second-order valence-electron chi connectivity index (χ2n) is 6.64. The Balaban J connectivity index is 1.57. The second kappa shape index (κ2) is 9.15. The zero-order chi connectivity index (χ0) is 19.2. The van der Waals surface area contributed by atoms with E-state index in [4.69, 9.17) is 9.47 Å². The number of thioether (sulfide) groups is 1. The van der Waals surface area contributed by atoms with E-state index in [-0.39, 0.29) is 5.91 Å². The zero-order valence-electron chi connectivity index (χ0n) is 16.2. The Labute approximate surface area is 165 Å². The third-order valence-corrected chi connectivity index (χ3v) is 5.75. The van der Waals surface area contributed by atoms with E-state index in [1.807, 2.05) is 4.90 Å². The summed E-state index contributed by atoms with van der Waals surface area (Å²) in [5, 5.41) is 0. The number of rotatable bonds is 6. The van der Waals surface area contributed by atoms with Crippen LogP contribution in [0.15, 0.2) is 47.4 Å². The smallest absolute Gasteiger partial charge is 0.254 e. The number of ether oxygens (including phenoxy) is 2. The highest BCUT2D eigenvalue weighted by atomic mass is 32.2. The van der Waals surface area contributed by atoms with Gasteiger partial charge in [-0.1, -0.05) is 12.1 Å². The lowest BCUT2D eigenvalue weighted by Crippen LogP contribution is -3.13. The van der Waals surface area contributed by atoms with E-state index in [0.29, 0.717) is 17.1 Å². The largest absolute Gasteiger partial charge is 0.493 e. The van der Waals surface area contributed by atoms with Crippen molar-refractivity contribution >= 4 is 17.7 Å². The molecule has 0 unspecified atom stereocenters. The van der Waals surface area contributed by atoms with Gasteiger partial charge in [-0.25, -0.2) is 0 Å². The molecule has 0 bridgehead atoms. The van der Waals surface area contributed by atoms with Crippen LogP contribution < -0.4 is 14.4 Å². The van der Waals surface area contributed by atoms with Gasteiger partial charge in [0.15, 0.2) is 11.5 Å². The van der Waals surface area contributed by atoms with Crippen molar-refractivity contribution in [3.05, 3.63) is 53.6 Å². The minimum Gasteiger partial charge on any atom is -0.493 e. The van der Waals surface area contributed by atoms with Crippen LogP contribution in [0.25, 0.3) is 0 Å². The lowest BCUT2D eigenvalue weighted by molar-refractivity contribution is -0.917. The molecule has 0 spiro atoms. The highest BCUT2D eigenvalue weighted by Crippen LogP contribution is 2.28. The molecule has 1 aliphatic heterocycles. The van der Waals surface area contributed by atoms with Crippen LogP contribution in [0.1, 0.15) is 15.9 Å². The quantitative estimate of drug-likeness (QED) is 0.770. The molecule has 1 N–H and O–H groups in total. The van der Waals surface area contributed by atoms with E-state index in [1.165, 1.54) is 15.4 Å². The summed E-state index contributed by atoms with van der Waals surface area (Å²) in [7, 11) is 3.18. The van der Waals surface area contributed by atoms with E-state index >= 15 is 0 Å². The van der Waals surface area contributed by atoms with E-state index in [2.05, 4.69) is 30.5 Å². The standard InChI is InChI=1S/C21H26N2O3S/c1-25-19-9-6-17(14-20(19)26-2)21(24)23-12-10-22(11-13-23)15-16-4-7-18(27-3)8-5-16/h4-9,14H,10-13,15H2,1-3H3/p+1. The van der Waals surface area contributed by atoms with Crippen LogP contribution in [0.4, 0.5) is 0 Å². The SMILES string of the molecule is COc1ccc(C(=O)N2CC[NH+](Cc3ccc(SC)cc3)CC2)cc1OC. The van der Waals surface area contributed by atoms with E-state index in [0.717, 1.165) is 32.7 Å². The van der Waals surface area contributed by atoms with Gasteiger partial charge >= 0.3 is 0 Å². The molecule has 1 amide bonds. The number of hydrogen-bond acceptors (Lipinski definition) is 4. The van der Waals surface area contributed by atoms with Crippen LogP contribution in [0, 0.1) is 0 Å². The maximum Gasteiger partial charge on any atom is 0.254 e. The number of nitrogens with one attached hydrogen (secondary N) is 1. The molecule has 2 aromatic rings. The molecule has 1 heterocycles. The van der Waals surface area contributed by atoms with Gasteiger partial charge in [0, 0.05) is 16.0 Å². The predicted molar refractivity (Wildman–Crippen MR) is 108 cm³/mol. The van der Waals surface area contributed by atoms with Crippen molar-refractivity contribution < 1.29 is 19.2 Å². The molecule has 1 saturated heterocycles. The molecule has 0 atom stereocenters. The predicted octanol–water partition coefficient (Wildman–Crippen LogP) is 1.97. The molecule has 2 aromatic carbocycles. The van der Waals surface area contributed by atoms with Crippen molar-refractivity contribution in [1.82, 2.24) is 4.90 Å². The maximum absolute atomic E-state index is 12.8. The highest BCUT2D eigenvalue weighted by molar-refractivity contribution is 7.98. The van der Waals surface area contributed by atoms with E-state index < -0.39 is 0 Å². The summed E-state index contributed by atoms with van der Waals surface area (Å²) in [5.41, 5.74) is 1.99. The minimum absolute atomic E-state index is 0.0549. The first-order chi connectivity index (χ1) is 13.1. The van der Waals surface area contributed by atoms with E-state index in [1.54, 1.807) is 44.2 Å². The van der Waals surface area contributed by atoms with Crippen molar-refractivity contribution in [2.45, 2.75) is 11.4 Å². The Bertz CT molecular complexity index is 771.